The number of halogens is 2. The number of ether oxygens (including phenoxy) is 2. The first-order valence-electron chi connectivity index (χ1n) is 12.6. The number of nitro groups is 1. The maximum absolute atomic E-state index is 13.3. The molecule has 1 amide bonds. The van der Waals surface area contributed by atoms with Gasteiger partial charge in [-0.3, -0.25) is 19.8 Å². The van der Waals surface area contributed by atoms with E-state index in [2.05, 4.69) is 10.2 Å². The van der Waals surface area contributed by atoms with Crippen LogP contribution in [-0.4, -0.2) is 34.2 Å². The van der Waals surface area contributed by atoms with Crippen molar-refractivity contribution in [3.63, 3.8) is 0 Å². The molecule has 0 bridgehead atoms. The third kappa shape index (κ3) is 7.44. The minimum Gasteiger partial charge on any atom is -0.493 e. The summed E-state index contributed by atoms with van der Waals surface area (Å²) in [6.07, 6.45) is 4.71. The Morgan fingerprint density at radius 3 is 2.53 bits per heavy atom. The summed E-state index contributed by atoms with van der Waals surface area (Å²) in [5, 5.41) is 20.9. The molecule has 13 heteroatoms. The number of amides is 1. The van der Waals surface area contributed by atoms with Crippen LogP contribution in [0.3, 0.4) is 0 Å². The van der Waals surface area contributed by atoms with Gasteiger partial charge in [0.05, 0.1) is 36.0 Å². The second kappa shape index (κ2) is 13.6. The standard InChI is InChI=1S/C30H22Cl2N4O6S/c1-40-27-13-20(6-11-26(27)42-18-21-7-8-22(31)15-25(21)32)16-33-34-30-35(17-24-3-2-12-41-24)29(37)28(43-30)14-19-4-9-23(10-5-19)36(38)39/h2-16H,17-18H2,1H3/b28-14-,33-16-,34-30+. The van der Waals surface area contributed by atoms with Crippen LogP contribution >= 0.6 is 35.0 Å². The highest BCUT2D eigenvalue weighted by Crippen LogP contribution is 2.34. The van der Waals surface area contributed by atoms with Crippen molar-refractivity contribution in [3.8, 4) is 11.5 Å². The van der Waals surface area contributed by atoms with Crippen LogP contribution < -0.4 is 9.47 Å². The van der Waals surface area contributed by atoms with E-state index >= 15 is 0 Å². The number of methoxy groups -OCH3 is 1. The number of non-ortho nitro benzene ring substituents is 1. The molecule has 5 rings (SSSR count). The van der Waals surface area contributed by atoms with Gasteiger partial charge in [-0.15, -0.1) is 5.10 Å². The third-order valence-electron chi connectivity index (χ3n) is 6.12. The minimum absolute atomic E-state index is 0.0363. The van der Waals surface area contributed by atoms with E-state index in [0.717, 1.165) is 17.3 Å². The van der Waals surface area contributed by atoms with Gasteiger partial charge in [-0.25, -0.2) is 0 Å². The van der Waals surface area contributed by atoms with Crippen molar-refractivity contribution in [2.45, 2.75) is 13.2 Å². The zero-order valence-corrected chi connectivity index (χ0v) is 24.8. The Balaban J connectivity index is 1.34. The third-order valence-corrected chi connectivity index (χ3v) is 7.70. The van der Waals surface area contributed by atoms with E-state index in [4.69, 9.17) is 37.1 Å². The Morgan fingerprint density at radius 2 is 1.84 bits per heavy atom. The van der Waals surface area contributed by atoms with Crippen molar-refractivity contribution in [2.24, 2.45) is 10.2 Å². The van der Waals surface area contributed by atoms with E-state index in [1.165, 1.54) is 36.6 Å². The topological polar surface area (TPSA) is 120 Å². The average molecular weight is 638 g/mol. The number of furan rings is 1. The summed E-state index contributed by atoms with van der Waals surface area (Å²) in [5.41, 5.74) is 2.06. The quantitative estimate of drug-likeness (QED) is 0.0761. The molecule has 0 N–H and O–H groups in total. The van der Waals surface area contributed by atoms with Gasteiger partial charge in [-0.05, 0) is 83.6 Å². The van der Waals surface area contributed by atoms with E-state index in [1.54, 1.807) is 66.7 Å². The Bertz CT molecular complexity index is 1740. The normalized spacial score (nSPS) is 15.1. The van der Waals surface area contributed by atoms with E-state index in [9.17, 15) is 14.9 Å². The second-order valence-electron chi connectivity index (χ2n) is 8.99. The summed E-state index contributed by atoms with van der Waals surface area (Å²) in [5.74, 6) is 1.28. The highest BCUT2D eigenvalue weighted by molar-refractivity contribution is 8.18. The van der Waals surface area contributed by atoms with Crippen LogP contribution in [0, 0.1) is 10.1 Å². The molecular weight excluding hydrogens is 615 g/mol. The number of rotatable bonds is 10. The van der Waals surface area contributed by atoms with Crippen molar-refractivity contribution < 1.29 is 23.6 Å². The first kappa shape index (κ1) is 29.9. The lowest BCUT2D eigenvalue weighted by Gasteiger charge is -2.13. The second-order valence-corrected chi connectivity index (χ2v) is 10.8. The molecule has 0 atom stereocenters. The number of hydrogen-bond donors (Lipinski definition) is 0. The number of thioether (sulfide) groups is 1. The van der Waals surface area contributed by atoms with Crippen LogP contribution in [0.1, 0.15) is 22.5 Å². The Labute approximate surface area is 260 Å². The molecule has 1 fully saturated rings. The zero-order chi connectivity index (χ0) is 30.3. The molecule has 3 aromatic carbocycles. The largest absolute Gasteiger partial charge is 0.493 e. The molecule has 1 aromatic heterocycles. The molecule has 1 saturated heterocycles. The summed E-state index contributed by atoms with van der Waals surface area (Å²) in [7, 11) is 1.53. The number of benzene rings is 3. The molecule has 1 aliphatic heterocycles. The molecule has 0 aliphatic carbocycles. The SMILES string of the molecule is COc1cc(/C=N\N=C2\S/C(=C\c3ccc([N+](=O)[O-])cc3)C(=O)N2Cc2ccco2)ccc1OCc1ccc(Cl)cc1Cl. The Morgan fingerprint density at radius 1 is 1.05 bits per heavy atom. The zero-order valence-electron chi connectivity index (χ0n) is 22.5. The molecule has 0 saturated carbocycles. The van der Waals surface area contributed by atoms with Crippen molar-refractivity contribution in [3.05, 3.63) is 127 Å². The highest BCUT2D eigenvalue weighted by atomic mass is 35.5. The molecule has 0 unspecified atom stereocenters. The molecule has 218 valence electrons. The predicted octanol–water partition coefficient (Wildman–Crippen LogP) is 7.59. The van der Waals surface area contributed by atoms with Gasteiger partial charge in [0.25, 0.3) is 11.6 Å². The number of nitrogens with zero attached hydrogens (tertiary/aromatic N) is 4. The number of hydrogen-bond acceptors (Lipinski definition) is 9. The summed E-state index contributed by atoms with van der Waals surface area (Å²) in [6.45, 7) is 0.377. The van der Waals surface area contributed by atoms with E-state index in [-0.39, 0.29) is 24.7 Å². The van der Waals surface area contributed by atoms with E-state index in [1.807, 2.05) is 0 Å². The average Bonchev–Trinajstić information content (AvgIpc) is 3.61. The Hall–Kier alpha value is -4.58. The smallest absolute Gasteiger partial charge is 0.269 e. The molecule has 10 nitrogen and oxygen atoms in total. The van der Waals surface area contributed by atoms with Crippen molar-refractivity contribution >= 4 is 64.0 Å². The molecular formula is C30H22Cl2N4O6S. The van der Waals surface area contributed by atoms with Crippen LogP contribution in [0.2, 0.25) is 10.0 Å². The fourth-order valence-electron chi connectivity index (χ4n) is 3.95. The molecule has 0 spiro atoms. The van der Waals surface area contributed by atoms with Gasteiger partial charge in [0, 0.05) is 27.7 Å². The van der Waals surface area contributed by atoms with E-state index < -0.39 is 4.92 Å². The first-order chi connectivity index (χ1) is 20.8. The lowest BCUT2D eigenvalue weighted by molar-refractivity contribution is -0.384. The molecule has 0 radical (unpaired) electrons. The monoisotopic (exact) mass is 636 g/mol. The van der Waals surface area contributed by atoms with Crippen molar-refractivity contribution in [1.29, 1.82) is 0 Å². The summed E-state index contributed by atoms with van der Waals surface area (Å²) < 4.78 is 16.8. The maximum atomic E-state index is 13.3. The summed E-state index contributed by atoms with van der Waals surface area (Å²) in [6, 6.07) is 19.9. The van der Waals surface area contributed by atoms with Crippen LogP contribution in [0.15, 0.2) is 98.6 Å². The van der Waals surface area contributed by atoms with Crippen LogP contribution in [-0.2, 0) is 17.9 Å². The number of carbonyl (C=O) groups is 1. The van der Waals surface area contributed by atoms with Gasteiger partial charge >= 0.3 is 0 Å². The van der Waals surface area contributed by atoms with Gasteiger partial charge < -0.3 is 13.9 Å². The van der Waals surface area contributed by atoms with Crippen LogP contribution in [0.25, 0.3) is 6.08 Å². The van der Waals surface area contributed by atoms with Gasteiger partial charge in [0.2, 0.25) is 0 Å². The summed E-state index contributed by atoms with van der Waals surface area (Å²) >= 11 is 13.4. The number of carbonyl (C=O) groups excluding carboxylic acids is 1. The predicted molar refractivity (Wildman–Crippen MR) is 167 cm³/mol. The fourth-order valence-corrected chi connectivity index (χ4v) is 5.34. The highest BCUT2D eigenvalue weighted by Gasteiger charge is 2.34. The van der Waals surface area contributed by atoms with Crippen LogP contribution in [0.4, 0.5) is 5.69 Å². The van der Waals surface area contributed by atoms with Crippen LogP contribution in [0.5, 0.6) is 11.5 Å². The number of amidine groups is 1. The Kier molecular flexibility index (Phi) is 9.45. The van der Waals surface area contributed by atoms with Crippen molar-refractivity contribution in [1.82, 2.24) is 4.90 Å². The summed E-state index contributed by atoms with van der Waals surface area (Å²) in [4.78, 5) is 25.6. The molecule has 43 heavy (non-hydrogen) atoms. The van der Waals surface area contributed by atoms with Gasteiger partial charge in [0.1, 0.15) is 12.4 Å². The van der Waals surface area contributed by atoms with Gasteiger partial charge in [-0.1, -0.05) is 29.3 Å². The van der Waals surface area contributed by atoms with Gasteiger partial charge in [-0.2, -0.15) is 5.10 Å². The maximum Gasteiger partial charge on any atom is 0.269 e. The minimum atomic E-state index is -0.478. The van der Waals surface area contributed by atoms with Crippen molar-refractivity contribution in [2.75, 3.05) is 7.11 Å². The van der Waals surface area contributed by atoms with Gasteiger partial charge in [0.15, 0.2) is 16.7 Å². The number of nitro benzene ring substituents is 1. The lowest BCUT2D eigenvalue weighted by atomic mass is 10.2. The first-order valence-corrected chi connectivity index (χ1v) is 14.2. The fraction of sp³-hybridized carbons (Fsp3) is 0.100. The van der Waals surface area contributed by atoms with E-state index in [0.29, 0.717) is 48.5 Å². The molecule has 2 heterocycles. The molecule has 1 aliphatic rings. The molecule has 4 aromatic rings. The lowest BCUT2D eigenvalue weighted by Crippen LogP contribution is -2.28.